The third kappa shape index (κ3) is 6.13. The van der Waals surface area contributed by atoms with Crippen LogP contribution in [0.3, 0.4) is 0 Å². The molecule has 9 nitrogen and oxygen atoms in total. The Balaban J connectivity index is 1.32. The normalized spacial score (nSPS) is 30.1. The van der Waals surface area contributed by atoms with Crippen molar-refractivity contribution in [2.75, 3.05) is 13.1 Å². The lowest BCUT2D eigenvalue weighted by atomic mass is 9.96. The van der Waals surface area contributed by atoms with E-state index in [1.165, 1.54) is 5.56 Å². The summed E-state index contributed by atoms with van der Waals surface area (Å²) in [6.45, 7) is 4.87. The Morgan fingerprint density at radius 3 is 2.72 bits per heavy atom. The summed E-state index contributed by atoms with van der Waals surface area (Å²) in [6.07, 6.45) is 13.3. The second-order valence-corrected chi connectivity index (χ2v) is 13.0. The van der Waals surface area contributed by atoms with Crippen LogP contribution >= 0.6 is 12.8 Å². The molecule has 4 aliphatic rings. The van der Waals surface area contributed by atoms with Gasteiger partial charge in [-0.1, -0.05) is 56.7 Å². The van der Waals surface area contributed by atoms with Crippen molar-refractivity contribution in [2.45, 2.75) is 94.4 Å². The van der Waals surface area contributed by atoms with Crippen molar-refractivity contribution < 1.29 is 19.1 Å². The van der Waals surface area contributed by atoms with Crippen LogP contribution in [0.25, 0.3) is 10.8 Å². The molecule has 0 radical (unpaired) electrons. The van der Waals surface area contributed by atoms with Gasteiger partial charge in [-0.3, -0.25) is 14.4 Å². The zero-order chi connectivity index (χ0) is 30.0. The fraction of sp³-hybridized carbons (Fsp3) is 0.576. The molecule has 3 heterocycles. The maximum atomic E-state index is 14.4. The lowest BCUT2D eigenvalue weighted by Gasteiger charge is -2.32. The number of aryl methyl sites for hydroxylation is 1. The number of aromatic nitrogens is 1. The molecule has 3 N–H and O–H groups in total. The molecule has 5 atom stereocenters. The predicted molar refractivity (Wildman–Crippen MR) is 169 cm³/mol. The van der Waals surface area contributed by atoms with Gasteiger partial charge in [-0.15, -0.1) is 6.58 Å². The molecular weight excluding hydrogens is 562 g/mol. The number of pyridine rings is 1. The largest absolute Gasteiger partial charge is 0.472 e. The van der Waals surface area contributed by atoms with E-state index in [1.807, 2.05) is 6.07 Å². The first-order chi connectivity index (χ1) is 20.9. The number of hydrogen-bond donors (Lipinski definition) is 4. The number of carbonyl (C=O) groups is 3. The minimum absolute atomic E-state index is 0.0561. The highest BCUT2D eigenvalue weighted by Gasteiger charge is 2.60. The molecule has 1 saturated heterocycles. The summed E-state index contributed by atoms with van der Waals surface area (Å²) in [5.74, 6) is -0.215. The Labute approximate surface area is 259 Å². The number of amides is 3. The summed E-state index contributed by atoms with van der Waals surface area (Å²) < 4.78 is 8.92. The minimum atomic E-state index is -1.10. The number of fused-ring (bicyclic) bond motifs is 3. The summed E-state index contributed by atoms with van der Waals surface area (Å²) in [6, 6.07) is 7.31. The van der Waals surface area contributed by atoms with E-state index < -0.39 is 17.7 Å². The van der Waals surface area contributed by atoms with E-state index in [0.717, 1.165) is 75.1 Å². The number of carbonyl (C=O) groups excluding carboxylic acids is 3. The van der Waals surface area contributed by atoms with Gasteiger partial charge in [0.1, 0.15) is 17.7 Å². The molecule has 43 heavy (non-hydrogen) atoms. The summed E-state index contributed by atoms with van der Waals surface area (Å²) in [4.78, 5) is 47.4. The van der Waals surface area contributed by atoms with Crippen LogP contribution < -0.4 is 20.1 Å². The van der Waals surface area contributed by atoms with E-state index >= 15 is 0 Å². The average molecular weight is 606 g/mol. The van der Waals surface area contributed by atoms with Gasteiger partial charge in [-0.05, 0) is 74.1 Å². The van der Waals surface area contributed by atoms with Crippen molar-refractivity contribution in [1.29, 1.82) is 0 Å². The number of hydrogen-bond acceptors (Lipinski definition) is 7. The first-order valence-electron chi connectivity index (χ1n) is 15.9. The summed E-state index contributed by atoms with van der Waals surface area (Å²) >= 11 is 3.96. The van der Waals surface area contributed by atoms with Crippen LogP contribution in [-0.2, 0) is 20.8 Å². The average Bonchev–Trinajstić information content (AvgIpc) is 3.32. The smallest absolute Gasteiger partial charge is 0.256 e. The van der Waals surface area contributed by atoms with Crippen molar-refractivity contribution in [3.8, 4) is 5.88 Å². The quantitative estimate of drug-likeness (QED) is 0.304. The van der Waals surface area contributed by atoms with Gasteiger partial charge in [-0.25, -0.2) is 4.98 Å². The van der Waals surface area contributed by atoms with Crippen LogP contribution in [0.2, 0.25) is 0 Å². The third-order valence-corrected chi connectivity index (χ3v) is 10.2. The van der Waals surface area contributed by atoms with Gasteiger partial charge in [-0.2, -0.15) is 0 Å². The van der Waals surface area contributed by atoms with E-state index in [1.54, 1.807) is 17.2 Å². The number of rotatable bonds is 5. The topological polar surface area (TPSA) is 113 Å². The van der Waals surface area contributed by atoms with Gasteiger partial charge in [0, 0.05) is 23.9 Å². The van der Waals surface area contributed by atoms with Crippen molar-refractivity contribution in [3.05, 3.63) is 48.7 Å². The highest BCUT2D eigenvalue weighted by Crippen LogP contribution is 2.45. The zero-order valence-corrected chi connectivity index (χ0v) is 25.6. The number of nitrogens with one attached hydrogen (secondary N) is 3. The molecule has 0 spiro atoms. The predicted octanol–water partition coefficient (Wildman–Crippen LogP) is 3.87. The fourth-order valence-electron chi connectivity index (χ4n) is 7.40. The van der Waals surface area contributed by atoms with Crippen LogP contribution in [0, 0.1) is 11.8 Å². The van der Waals surface area contributed by atoms with Crippen LogP contribution in [0.5, 0.6) is 5.88 Å². The van der Waals surface area contributed by atoms with E-state index in [4.69, 9.17) is 4.74 Å². The molecule has 3 amide bonds. The number of ether oxygens (including phenoxy) is 1. The molecule has 230 valence electrons. The van der Waals surface area contributed by atoms with E-state index in [-0.39, 0.29) is 42.1 Å². The van der Waals surface area contributed by atoms with E-state index in [2.05, 4.69) is 57.9 Å². The van der Waals surface area contributed by atoms with Crippen LogP contribution in [-0.4, -0.2) is 64.4 Å². The summed E-state index contributed by atoms with van der Waals surface area (Å²) in [7, 11) is 0. The standard InChI is InChI=1S/C33H43N5O4S/c1-2-24-19-33(24,32(41)37-43)36-29(39)27-18-25-20-38(27)31(40)28(23-10-6-7-11-23)34-15-8-4-3-5-9-21-12-13-22-14-16-35-30(42-25)26(22)17-21/h2,12-14,16-17,23-25,27-28,34,43H,1,3-11,15,18-20H2,(H,36,39)(H,37,41)/t24-,25-,27+,28+,33-/m1/s1. The Morgan fingerprint density at radius 1 is 1.14 bits per heavy atom. The second-order valence-electron chi connectivity index (χ2n) is 12.7. The first kappa shape index (κ1) is 29.9. The number of benzene rings is 1. The molecule has 10 heteroatoms. The molecule has 1 aromatic heterocycles. The maximum absolute atomic E-state index is 14.4. The van der Waals surface area contributed by atoms with Crippen molar-refractivity contribution in [1.82, 2.24) is 25.2 Å². The Bertz CT molecular complexity index is 1380. The zero-order valence-electron chi connectivity index (χ0n) is 24.7. The van der Waals surface area contributed by atoms with E-state index in [9.17, 15) is 14.4 Å². The Kier molecular flexibility index (Phi) is 8.95. The molecule has 4 bridgehead atoms. The Morgan fingerprint density at radius 2 is 1.95 bits per heavy atom. The monoisotopic (exact) mass is 605 g/mol. The highest BCUT2D eigenvalue weighted by atomic mass is 32.1. The van der Waals surface area contributed by atoms with E-state index in [0.29, 0.717) is 18.7 Å². The molecule has 2 aromatic rings. The maximum Gasteiger partial charge on any atom is 0.256 e. The summed E-state index contributed by atoms with van der Waals surface area (Å²) in [5, 5.41) is 8.58. The number of thiol groups is 1. The Hall–Kier alpha value is -3.11. The van der Waals surface area contributed by atoms with Crippen molar-refractivity contribution in [3.63, 3.8) is 0 Å². The van der Waals surface area contributed by atoms with Crippen molar-refractivity contribution in [2.24, 2.45) is 11.8 Å². The van der Waals surface area contributed by atoms with Crippen LogP contribution in [0.4, 0.5) is 0 Å². The molecule has 3 fully saturated rings. The van der Waals surface area contributed by atoms with Gasteiger partial charge in [0.25, 0.3) is 5.91 Å². The second kappa shape index (κ2) is 12.9. The molecular formula is C33H43N5O4S. The third-order valence-electron chi connectivity index (χ3n) is 9.97. The van der Waals surface area contributed by atoms with Gasteiger partial charge < -0.3 is 25.0 Å². The van der Waals surface area contributed by atoms with Gasteiger partial charge in [0.15, 0.2) is 0 Å². The molecule has 2 aliphatic carbocycles. The molecule has 1 aromatic carbocycles. The lowest BCUT2D eigenvalue weighted by molar-refractivity contribution is -0.142. The highest BCUT2D eigenvalue weighted by molar-refractivity contribution is 7.78. The SMILES string of the molecule is C=C[C@@H]1C[C@]1(NC(=O)[C@@H]1C[C@@H]2CN1C(=O)[C@H](C1CCCC1)NCCCCCCc1ccc3ccnc(c3c1)O2)C(=O)NS. The molecule has 6 rings (SSSR count). The number of nitrogens with zero attached hydrogens (tertiary/aromatic N) is 2. The van der Waals surface area contributed by atoms with Crippen LogP contribution in [0.1, 0.15) is 69.8 Å². The van der Waals surface area contributed by atoms with Crippen LogP contribution in [0.15, 0.2) is 43.1 Å². The van der Waals surface area contributed by atoms with Gasteiger partial charge >= 0.3 is 0 Å². The summed E-state index contributed by atoms with van der Waals surface area (Å²) in [5.41, 5.74) is 0.155. The van der Waals surface area contributed by atoms with Gasteiger partial charge in [0.2, 0.25) is 17.7 Å². The lowest BCUT2D eigenvalue weighted by Crippen LogP contribution is -2.57. The molecule has 2 aliphatic heterocycles. The van der Waals surface area contributed by atoms with Gasteiger partial charge in [0.05, 0.1) is 12.6 Å². The van der Waals surface area contributed by atoms with Crippen molar-refractivity contribution >= 4 is 41.3 Å². The minimum Gasteiger partial charge on any atom is -0.472 e. The molecule has 2 saturated carbocycles. The molecule has 0 unspecified atom stereocenters. The first-order valence-corrected chi connectivity index (χ1v) is 16.4. The fourth-order valence-corrected chi connectivity index (χ4v) is 7.60.